The molecule has 1 saturated heterocycles. The van der Waals surface area contributed by atoms with Crippen LogP contribution in [0.1, 0.15) is 60.0 Å². The number of ether oxygens (including phenoxy) is 1. The fourth-order valence-electron chi connectivity index (χ4n) is 5.08. The Morgan fingerprint density at radius 3 is 2.59 bits per heavy atom. The topological polar surface area (TPSA) is 72.3 Å². The van der Waals surface area contributed by atoms with E-state index in [1.807, 2.05) is 13.1 Å². The quantitative estimate of drug-likeness (QED) is 0.411. The summed E-state index contributed by atoms with van der Waals surface area (Å²) in [6, 6.07) is 9.71. The van der Waals surface area contributed by atoms with Crippen LogP contribution in [-0.4, -0.2) is 44.7 Å². The fraction of sp³-hybridized carbons (Fsp3) is 0.464. The molecule has 2 aliphatic rings. The summed E-state index contributed by atoms with van der Waals surface area (Å²) in [6.07, 6.45) is -1.98. The minimum Gasteiger partial charge on any atom is -0.353 e. The molecule has 208 valence electrons. The van der Waals surface area contributed by atoms with Gasteiger partial charge in [0.25, 0.3) is 0 Å². The number of amides is 1. The first-order valence-electron chi connectivity index (χ1n) is 13.0. The number of alkyl halides is 3. The van der Waals surface area contributed by atoms with Gasteiger partial charge in [0.15, 0.2) is 6.23 Å². The SMILES string of the molecule is CCc1cnc(CNCc2cc(C3OCC4(CC4)CN3C(=O)C(F)(F)F)cc(C)n2)n1Cc1ccc(F)cc1. The number of carbonyl (C=O) groups excluding carboxylic acids is 1. The molecule has 3 heterocycles. The smallest absolute Gasteiger partial charge is 0.353 e. The van der Waals surface area contributed by atoms with E-state index in [0.717, 1.165) is 41.2 Å². The van der Waals surface area contributed by atoms with E-state index in [1.165, 1.54) is 12.1 Å². The van der Waals surface area contributed by atoms with E-state index in [4.69, 9.17) is 4.74 Å². The number of halogens is 4. The first kappa shape index (κ1) is 27.3. The summed E-state index contributed by atoms with van der Waals surface area (Å²) in [6.45, 7) is 5.47. The van der Waals surface area contributed by atoms with Crippen molar-refractivity contribution in [1.29, 1.82) is 0 Å². The van der Waals surface area contributed by atoms with Gasteiger partial charge in [0.1, 0.15) is 11.6 Å². The van der Waals surface area contributed by atoms with Gasteiger partial charge in [0, 0.05) is 48.2 Å². The Morgan fingerprint density at radius 2 is 1.92 bits per heavy atom. The number of carbonyl (C=O) groups is 1. The minimum atomic E-state index is -4.98. The second-order valence-electron chi connectivity index (χ2n) is 10.5. The van der Waals surface area contributed by atoms with Gasteiger partial charge in [0.2, 0.25) is 0 Å². The van der Waals surface area contributed by atoms with E-state index in [0.29, 0.717) is 43.2 Å². The maximum atomic E-state index is 13.4. The predicted molar refractivity (Wildman–Crippen MR) is 135 cm³/mol. The fourth-order valence-corrected chi connectivity index (χ4v) is 5.08. The van der Waals surface area contributed by atoms with Crippen LogP contribution in [-0.2, 0) is 35.6 Å². The highest BCUT2D eigenvalue weighted by atomic mass is 19.4. The number of hydrogen-bond donors (Lipinski definition) is 1. The third kappa shape index (κ3) is 6.14. The Morgan fingerprint density at radius 1 is 1.18 bits per heavy atom. The first-order chi connectivity index (χ1) is 18.6. The molecule has 1 amide bonds. The van der Waals surface area contributed by atoms with Gasteiger partial charge in [-0.2, -0.15) is 13.2 Å². The van der Waals surface area contributed by atoms with Gasteiger partial charge in [-0.05, 0) is 56.0 Å². The van der Waals surface area contributed by atoms with Crippen LogP contribution in [0.2, 0.25) is 0 Å². The highest BCUT2D eigenvalue weighted by molar-refractivity contribution is 5.82. The largest absolute Gasteiger partial charge is 0.471 e. The molecule has 1 aliphatic carbocycles. The third-order valence-corrected chi connectivity index (χ3v) is 7.34. The van der Waals surface area contributed by atoms with Crippen LogP contribution >= 0.6 is 0 Å². The number of hydrogen-bond acceptors (Lipinski definition) is 5. The van der Waals surface area contributed by atoms with Crippen molar-refractivity contribution in [3.63, 3.8) is 0 Å². The van der Waals surface area contributed by atoms with E-state index in [1.54, 1.807) is 31.2 Å². The lowest BCUT2D eigenvalue weighted by atomic mass is 10.0. The lowest BCUT2D eigenvalue weighted by Crippen LogP contribution is -2.51. The molecule has 2 fully saturated rings. The van der Waals surface area contributed by atoms with Crippen LogP contribution in [0.5, 0.6) is 0 Å². The number of nitrogens with one attached hydrogen (secondary N) is 1. The molecule has 5 rings (SSSR count). The lowest BCUT2D eigenvalue weighted by Gasteiger charge is -2.40. The molecular formula is C28H31F4N5O2. The van der Waals surface area contributed by atoms with Gasteiger partial charge >= 0.3 is 12.1 Å². The molecule has 2 aromatic heterocycles. The van der Waals surface area contributed by atoms with E-state index >= 15 is 0 Å². The zero-order chi connectivity index (χ0) is 27.8. The number of pyridine rings is 1. The van der Waals surface area contributed by atoms with Crippen molar-refractivity contribution >= 4 is 5.91 Å². The summed E-state index contributed by atoms with van der Waals surface area (Å²) in [7, 11) is 0. The van der Waals surface area contributed by atoms with Crippen molar-refractivity contribution in [2.24, 2.45) is 5.41 Å². The number of rotatable bonds is 8. The lowest BCUT2D eigenvalue weighted by molar-refractivity contribution is -0.210. The Balaban J connectivity index is 1.30. The highest BCUT2D eigenvalue weighted by Crippen LogP contribution is 2.51. The number of aryl methyl sites for hydroxylation is 2. The zero-order valence-electron chi connectivity index (χ0n) is 21.9. The normalized spacial score (nSPS) is 18.5. The Kier molecular flexibility index (Phi) is 7.47. The Labute approximate surface area is 224 Å². The van der Waals surface area contributed by atoms with Gasteiger partial charge in [-0.1, -0.05) is 19.1 Å². The molecule has 1 atom stereocenters. The van der Waals surface area contributed by atoms with Gasteiger partial charge < -0.3 is 19.5 Å². The van der Waals surface area contributed by atoms with Crippen molar-refractivity contribution < 1.29 is 27.1 Å². The standard InChI is InChI=1S/C28H31F4N5O2/c1-3-23-13-34-24(36(23)15-19-4-6-21(29)7-5-19)14-33-12-22-11-20(10-18(2)35-22)25-37(26(38)28(30,31)32)16-27(8-9-27)17-39-25/h4-7,10-11,13,25,33H,3,8-9,12,14-17H2,1-2H3. The van der Waals surface area contributed by atoms with Crippen LogP contribution in [0.4, 0.5) is 17.6 Å². The van der Waals surface area contributed by atoms with Crippen molar-refractivity contribution in [2.75, 3.05) is 13.2 Å². The molecule has 0 bridgehead atoms. The average Bonchev–Trinajstić information content (AvgIpc) is 3.53. The molecule has 1 saturated carbocycles. The monoisotopic (exact) mass is 545 g/mol. The molecule has 7 nitrogen and oxygen atoms in total. The maximum Gasteiger partial charge on any atom is 0.471 e. The molecule has 39 heavy (non-hydrogen) atoms. The molecule has 1 spiro atoms. The summed E-state index contributed by atoms with van der Waals surface area (Å²) in [5.74, 6) is -1.37. The van der Waals surface area contributed by atoms with Crippen LogP contribution in [0.15, 0.2) is 42.6 Å². The second-order valence-corrected chi connectivity index (χ2v) is 10.5. The Bertz CT molecular complexity index is 1330. The number of imidazole rings is 1. The van der Waals surface area contributed by atoms with E-state index < -0.39 is 18.3 Å². The van der Waals surface area contributed by atoms with Crippen molar-refractivity contribution in [1.82, 2.24) is 24.8 Å². The minimum absolute atomic E-state index is 0.0292. The first-order valence-corrected chi connectivity index (χ1v) is 13.0. The molecule has 3 aromatic rings. The summed E-state index contributed by atoms with van der Waals surface area (Å²) in [4.78, 5) is 22.2. The predicted octanol–water partition coefficient (Wildman–Crippen LogP) is 4.83. The molecule has 1 aromatic carbocycles. The molecule has 1 aliphatic heterocycles. The highest BCUT2D eigenvalue weighted by Gasteiger charge is 2.54. The van der Waals surface area contributed by atoms with Gasteiger partial charge in [-0.25, -0.2) is 9.37 Å². The van der Waals surface area contributed by atoms with Crippen LogP contribution in [0, 0.1) is 18.2 Å². The average molecular weight is 546 g/mol. The molecule has 1 N–H and O–H groups in total. The summed E-state index contributed by atoms with van der Waals surface area (Å²) in [5.41, 5.74) is 3.34. The molecular weight excluding hydrogens is 514 g/mol. The molecule has 0 radical (unpaired) electrons. The summed E-state index contributed by atoms with van der Waals surface area (Å²) < 4.78 is 61.5. The van der Waals surface area contributed by atoms with Gasteiger partial charge in [-0.3, -0.25) is 9.78 Å². The third-order valence-electron chi connectivity index (χ3n) is 7.34. The number of benzene rings is 1. The van der Waals surface area contributed by atoms with Gasteiger partial charge in [0.05, 0.1) is 18.8 Å². The van der Waals surface area contributed by atoms with Crippen LogP contribution < -0.4 is 5.32 Å². The van der Waals surface area contributed by atoms with Crippen LogP contribution in [0.3, 0.4) is 0 Å². The summed E-state index contributed by atoms with van der Waals surface area (Å²) in [5, 5.41) is 3.32. The van der Waals surface area contributed by atoms with E-state index in [9.17, 15) is 22.4 Å². The molecule has 11 heteroatoms. The van der Waals surface area contributed by atoms with Gasteiger partial charge in [-0.15, -0.1) is 0 Å². The second kappa shape index (κ2) is 10.7. The number of nitrogens with zero attached hydrogens (tertiary/aromatic N) is 4. The van der Waals surface area contributed by atoms with E-state index in [-0.39, 0.29) is 17.8 Å². The van der Waals surface area contributed by atoms with Crippen molar-refractivity contribution in [2.45, 2.75) is 65.1 Å². The van der Waals surface area contributed by atoms with E-state index in [2.05, 4.69) is 19.9 Å². The molecule has 1 unspecified atom stereocenters. The van der Waals surface area contributed by atoms with Crippen molar-refractivity contribution in [3.8, 4) is 0 Å². The number of aromatic nitrogens is 3. The van der Waals surface area contributed by atoms with Crippen molar-refractivity contribution in [3.05, 3.63) is 82.4 Å². The zero-order valence-corrected chi connectivity index (χ0v) is 21.9. The van der Waals surface area contributed by atoms with Crippen LogP contribution in [0.25, 0.3) is 0 Å². The summed E-state index contributed by atoms with van der Waals surface area (Å²) >= 11 is 0. The Hall–Kier alpha value is -3.31. The maximum absolute atomic E-state index is 13.4.